The molecule has 1 aliphatic heterocycles. The summed E-state index contributed by atoms with van der Waals surface area (Å²) in [6.45, 7) is 3.24. The van der Waals surface area contributed by atoms with E-state index in [1.807, 2.05) is 24.3 Å². The standard InChI is InChI=1S/C22H29N3O4.HI/c1-14-8-16-10-19(27-4)17(11-20(16)29-14)13-25-22(23-2)24-12-15-6-7-18(26-3)21(9-15)28-5;/h6-7,9-11,14H,8,12-13H2,1-5H3,(H2,23,24,25);1H. The summed E-state index contributed by atoms with van der Waals surface area (Å²) in [6.07, 6.45) is 1.11. The Morgan fingerprint density at radius 3 is 2.37 bits per heavy atom. The van der Waals surface area contributed by atoms with Crippen molar-refractivity contribution in [3.8, 4) is 23.0 Å². The summed E-state index contributed by atoms with van der Waals surface area (Å²) >= 11 is 0. The van der Waals surface area contributed by atoms with Crippen LogP contribution >= 0.6 is 24.0 Å². The van der Waals surface area contributed by atoms with Gasteiger partial charge in [-0.05, 0) is 36.8 Å². The molecule has 30 heavy (non-hydrogen) atoms. The maximum absolute atomic E-state index is 5.87. The lowest BCUT2D eigenvalue weighted by atomic mass is 10.1. The van der Waals surface area contributed by atoms with Gasteiger partial charge in [0, 0.05) is 37.7 Å². The van der Waals surface area contributed by atoms with Gasteiger partial charge in [0.1, 0.15) is 17.6 Å². The van der Waals surface area contributed by atoms with E-state index in [4.69, 9.17) is 18.9 Å². The maximum atomic E-state index is 5.87. The monoisotopic (exact) mass is 527 g/mol. The molecule has 0 saturated carbocycles. The molecule has 1 unspecified atom stereocenters. The van der Waals surface area contributed by atoms with E-state index in [1.165, 1.54) is 5.56 Å². The minimum Gasteiger partial charge on any atom is -0.496 e. The van der Waals surface area contributed by atoms with Gasteiger partial charge in [-0.25, -0.2) is 0 Å². The first kappa shape index (κ1) is 23.9. The van der Waals surface area contributed by atoms with Crippen molar-refractivity contribution in [2.75, 3.05) is 28.4 Å². The molecule has 8 heteroatoms. The number of nitrogens with one attached hydrogen (secondary N) is 2. The average molecular weight is 527 g/mol. The molecule has 0 saturated heterocycles. The fraction of sp³-hybridized carbons (Fsp3) is 0.409. The van der Waals surface area contributed by atoms with Crippen LogP contribution in [0.5, 0.6) is 23.0 Å². The summed E-state index contributed by atoms with van der Waals surface area (Å²) in [4.78, 5) is 4.30. The number of methoxy groups -OCH3 is 3. The second-order valence-electron chi connectivity index (χ2n) is 6.87. The molecule has 0 aromatic heterocycles. The quantitative estimate of drug-likeness (QED) is 0.326. The van der Waals surface area contributed by atoms with Gasteiger partial charge in [-0.1, -0.05) is 6.07 Å². The summed E-state index contributed by atoms with van der Waals surface area (Å²) in [5.74, 6) is 3.88. The molecule has 1 heterocycles. The second-order valence-corrected chi connectivity index (χ2v) is 6.87. The summed E-state index contributed by atoms with van der Waals surface area (Å²) in [5.41, 5.74) is 3.27. The SMILES string of the molecule is CN=C(NCc1ccc(OC)c(OC)c1)NCc1cc2c(cc1OC)CC(C)O2.I. The molecule has 1 aliphatic rings. The van der Waals surface area contributed by atoms with Crippen LogP contribution in [0.3, 0.4) is 0 Å². The Morgan fingerprint density at radius 2 is 1.70 bits per heavy atom. The first-order valence-electron chi connectivity index (χ1n) is 9.59. The van der Waals surface area contributed by atoms with Gasteiger partial charge in [0.2, 0.25) is 0 Å². The lowest BCUT2D eigenvalue weighted by Crippen LogP contribution is -2.36. The minimum atomic E-state index is 0. The van der Waals surface area contributed by atoms with Gasteiger partial charge in [0.05, 0.1) is 21.3 Å². The molecule has 0 radical (unpaired) electrons. The number of aliphatic imine (C=N–C) groups is 1. The summed E-state index contributed by atoms with van der Waals surface area (Å²) < 4.78 is 22.1. The topological polar surface area (TPSA) is 73.3 Å². The van der Waals surface area contributed by atoms with Crippen molar-refractivity contribution in [1.82, 2.24) is 10.6 Å². The normalized spacial score (nSPS) is 14.8. The molecule has 3 rings (SSSR count). The smallest absolute Gasteiger partial charge is 0.191 e. The largest absolute Gasteiger partial charge is 0.496 e. The first-order chi connectivity index (χ1) is 14.1. The van der Waals surface area contributed by atoms with E-state index in [2.05, 4.69) is 28.6 Å². The lowest BCUT2D eigenvalue weighted by Gasteiger charge is -2.15. The zero-order chi connectivity index (χ0) is 20.8. The molecule has 0 fully saturated rings. The predicted octanol–water partition coefficient (Wildman–Crippen LogP) is 3.52. The first-order valence-corrected chi connectivity index (χ1v) is 9.59. The number of benzene rings is 2. The molecule has 164 valence electrons. The van der Waals surface area contributed by atoms with E-state index in [-0.39, 0.29) is 30.1 Å². The third kappa shape index (κ3) is 5.62. The summed E-state index contributed by atoms with van der Waals surface area (Å²) in [5, 5.41) is 6.64. The molecule has 2 aromatic rings. The highest BCUT2D eigenvalue weighted by atomic mass is 127. The Hall–Kier alpha value is -2.36. The van der Waals surface area contributed by atoms with Crippen LogP contribution in [0, 0.1) is 0 Å². The van der Waals surface area contributed by atoms with Crippen LogP contribution in [0.25, 0.3) is 0 Å². The molecular formula is C22H30IN3O4. The molecule has 0 aliphatic carbocycles. The lowest BCUT2D eigenvalue weighted by molar-refractivity contribution is 0.254. The fourth-order valence-electron chi connectivity index (χ4n) is 3.39. The van der Waals surface area contributed by atoms with Gasteiger partial charge in [0.15, 0.2) is 17.5 Å². The van der Waals surface area contributed by atoms with Crippen molar-refractivity contribution >= 4 is 29.9 Å². The second kappa shape index (κ2) is 11.1. The number of hydrogen-bond acceptors (Lipinski definition) is 5. The Morgan fingerprint density at radius 1 is 1.00 bits per heavy atom. The van der Waals surface area contributed by atoms with Gasteiger partial charge in [-0.3, -0.25) is 4.99 Å². The van der Waals surface area contributed by atoms with E-state index in [9.17, 15) is 0 Å². The van der Waals surface area contributed by atoms with Gasteiger partial charge in [-0.15, -0.1) is 24.0 Å². The van der Waals surface area contributed by atoms with Crippen LogP contribution < -0.4 is 29.6 Å². The fourth-order valence-corrected chi connectivity index (χ4v) is 3.39. The number of halogens is 1. The zero-order valence-electron chi connectivity index (χ0n) is 18.1. The van der Waals surface area contributed by atoms with Gasteiger partial charge in [0.25, 0.3) is 0 Å². The van der Waals surface area contributed by atoms with Crippen LogP contribution in [-0.2, 0) is 19.5 Å². The third-order valence-electron chi connectivity index (χ3n) is 4.88. The van der Waals surface area contributed by atoms with Gasteiger partial charge < -0.3 is 29.6 Å². The molecule has 0 spiro atoms. The van der Waals surface area contributed by atoms with Crippen molar-refractivity contribution in [2.45, 2.75) is 32.5 Å². The Kier molecular flexibility index (Phi) is 8.88. The van der Waals surface area contributed by atoms with Gasteiger partial charge in [-0.2, -0.15) is 0 Å². The number of guanidine groups is 1. The number of ether oxygens (including phenoxy) is 4. The third-order valence-corrected chi connectivity index (χ3v) is 4.88. The van der Waals surface area contributed by atoms with Gasteiger partial charge >= 0.3 is 0 Å². The Bertz CT molecular complexity index is 889. The average Bonchev–Trinajstić information content (AvgIpc) is 3.11. The highest BCUT2D eigenvalue weighted by Crippen LogP contribution is 2.35. The van der Waals surface area contributed by atoms with E-state index in [0.29, 0.717) is 30.5 Å². The predicted molar refractivity (Wildman–Crippen MR) is 129 cm³/mol. The molecule has 2 N–H and O–H groups in total. The van der Waals surface area contributed by atoms with Crippen LogP contribution in [-0.4, -0.2) is 40.4 Å². The number of rotatable bonds is 7. The molecule has 0 amide bonds. The Labute approximate surface area is 195 Å². The van der Waals surface area contributed by atoms with Crippen LogP contribution in [0.4, 0.5) is 0 Å². The summed E-state index contributed by atoms with van der Waals surface area (Å²) in [7, 11) is 6.69. The molecular weight excluding hydrogens is 497 g/mol. The number of nitrogens with zero attached hydrogens (tertiary/aromatic N) is 1. The van der Waals surface area contributed by atoms with Crippen molar-refractivity contribution in [1.29, 1.82) is 0 Å². The van der Waals surface area contributed by atoms with Crippen LogP contribution in [0.2, 0.25) is 0 Å². The molecule has 0 bridgehead atoms. The summed E-state index contributed by atoms with van der Waals surface area (Å²) in [6, 6.07) is 9.94. The highest BCUT2D eigenvalue weighted by Gasteiger charge is 2.21. The van der Waals surface area contributed by atoms with E-state index in [1.54, 1.807) is 28.4 Å². The highest BCUT2D eigenvalue weighted by molar-refractivity contribution is 14.0. The van der Waals surface area contributed by atoms with Crippen molar-refractivity contribution in [2.24, 2.45) is 4.99 Å². The molecule has 7 nitrogen and oxygen atoms in total. The zero-order valence-corrected chi connectivity index (χ0v) is 20.4. The maximum Gasteiger partial charge on any atom is 0.191 e. The van der Waals surface area contributed by atoms with E-state index in [0.717, 1.165) is 29.0 Å². The number of hydrogen-bond donors (Lipinski definition) is 2. The minimum absolute atomic E-state index is 0. The van der Waals surface area contributed by atoms with Crippen LogP contribution in [0.15, 0.2) is 35.3 Å². The molecule has 1 atom stereocenters. The molecule has 2 aromatic carbocycles. The number of fused-ring (bicyclic) bond motifs is 1. The van der Waals surface area contributed by atoms with E-state index >= 15 is 0 Å². The van der Waals surface area contributed by atoms with E-state index < -0.39 is 0 Å². The van der Waals surface area contributed by atoms with Crippen LogP contribution in [0.1, 0.15) is 23.6 Å². The van der Waals surface area contributed by atoms with Crippen molar-refractivity contribution in [3.05, 3.63) is 47.0 Å². The Balaban J connectivity index is 0.00000320. The van der Waals surface area contributed by atoms with Crippen molar-refractivity contribution < 1.29 is 18.9 Å². The van der Waals surface area contributed by atoms with Crippen molar-refractivity contribution in [3.63, 3.8) is 0 Å².